The van der Waals surface area contributed by atoms with Crippen LogP contribution >= 0.6 is 0 Å². The smallest absolute Gasteiger partial charge is 0.255 e. The molecule has 4 aromatic rings. The molecule has 1 atom stereocenters. The number of rotatable bonds is 4. The second-order valence-corrected chi connectivity index (χ2v) is 7.85. The van der Waals surface area contributed by atoms with E-state index in [0.717, 1.165) is 17.5 Å². The van der Waals surface area contributed by atoms with Crippen LogP contribution < -0.4 is 10.5 Å². The van der Waals surface area contributed by atoms with Crippen LogP contribution in [0.5, 0.6) is 0 Å². The summed E-state index contributed by atoms with van der Waals surface area (Å²) in [6, 6.07) is 11.2. The fraction of sp³-hybridized carbons (Fsp3) is 0.304. The number of nitrogens with zero attached hydrogens (tertiary/aromatic N) is 7. The van der Waals surface area contributed by atoms with Crippen molar-refractivity contribution in [3.63, 3.8) is 0 Å². The van der Waals surface area contributed by atoms with Gasteiger partial charge < -0.3 is 14.2 Å². The average molecular weight is 445 g/mol. The maximum Gasteiger partial charge on any atom is 0.255 e. The molecule has 0 saturated carbocycles. The lowest BCUT2D eigenvalue weighted by Crippen LogP contribution is -2.34. The van der Waals surface area contributed by atoms with Crippen molar-refractivity contribution in [2.75, 3.05) is 24.6 Å². The third kappa shape index (κ3) is 4.37. The highest BCUT2D eigenvalue weighted by atomic mass is 16.5. The predicted octanol–water partition coefficient (Wildman–Crippen LogP) is 2.56. The molecular weight excluding hydrogens is 422 g/mol. The summed E-state index contributed by atoms with van der Waals surface area (Å²) < 4.78 is 12.9. The fourth-order valence-electron chi connectivity index (χ4n) is 3.89. The third-order valence-electron chi connectivity index (χ3n) is 5.56. The van der Waals surface area contributed by atoms with Gasteiger partial charge in [-0.05, 0) is 24.1 Å². The third-order valence-corrected chi connectivity index (χ3v) is 5.56. The molecule has 0 amide bonds. The molecule has 1 aliphatic heterocycles. The molecule has 5 rings (SSSR count). The first kappa shape index (κ1) is 21.0. The molecule has 1 fully saturated rings. The molecule has 1 unspecified atom stereocenters. The Bertz CT molecular complexity index is 1320. The maximum atomic E-state index is 12.7. The first-order valence-corrected chi connectivity index (χ1v) is 10.7. The summed E-state index contributed by atoms with van der Waals surface area (Å²) in [6.45, 7) is 3.63. The second-order valence-electron chi connectivity index (χ2n) is 7.85. The van der Waals surface area contributed by atoms with Gasteiger partial charge >= 0.3 is 0 Å². The van der Waals surface area contributed by atoms with E-state index in [1.54, 1.807) is 30.8 Å². The van der Waals surface area contributed by atoms with Crippen LogP contribution in [0.4, 0.5) is 5.95 Å². The van der Waals surface area contributed by atoms with Crippen molar-refractivity contribution in [3.8, 4) is 22.8 Å². The lowest BCUT2D eigenvalue weighted by Gasteiger charge is -2.27. The number of ether oxygens (including phenoxy) is 1. The standard InChI is InChI=1S/C23H23N7O3/c1-15-26-22(28-33-15)17-6-3-5-16(11-17)20-13-30(9-4-10-32-20)23-27-19(12-21(31)29(23)2)18-7-8-24-14-25-18/h3,5-8,11-12,14,20H,4,9-10,13H2,1-2H3. The Balaban J connectivity index is 1.47. The van der Waals surface area contributed by atoms with Crippen molar-refractivity contribution < 1.29 is 9.26 Å². The number of benzene rings is 1. The zero-order valence-corrected chi connectivity index (χ0v) is 18.4. The van der Waals surface area contributed by atoms with Crippen LogP contribution in [0.25, 0.3) is 22.8 Å². The van der Waals surface area contributed by atoms with E-state index in [9.17, 15) is 4.79 Å². The Hall–Kier alpha value is -3.92. The average Bonchev–Trinajstić information content (AvgIpc) is 3.13. The maximum absolute atomic E-state index is 12.7. The van der Waals surface area contributed by atoms with Crippen molar-refractivity contribution >= 4 is 5.95 Å². The monoisotopic (exact) mass is 445 g/mol. The van der Waals surface area contributed by atoms with Gasteiger partial charge in [0.05, 0.1) is 17.9 Å². The zero-order valence-electron chi connectivity index (χ0n) is 18.4. The summed E-state index contributed by atoms with van der Waals surface area (Å²) >= 11 is 0. The Labute approximate surface area is 189 Å². The number of anilines is 1. The Morgan fingerprint density at radius 3 is 2.82 bits per heavy atom. The molecule has 33 heavy (non-hydrogen) atoms. The van der Waals surface area contributed by atoms with E-state index in [2.05, 4.69) is 25.0 Å². The van der Waals surface area contributed by atoms with E-state index < -0.39 is 0 Å². The molecule has 0 spiro atoms. The molecule has 1 aromatic carbocycles. The summed E-state index contributed by atoms with van der Waals surface area (Å²) in [5.74, 6) is 1.64. The van der Waals surface area contributed by atoms with Crippen LogP contribution in [0.2, 0.25) is 0 Å². The minimum absolute atomic E-state index is 0.148. The van der Waals surface area contributed by atoms with Gasteiger partial charge in [-0.2, -0.15) is 4.98 Å². The Kier molecular flexibility index (Phi) is 5.66. The predicted molar refractivity (Wildman–Crippen MR) is 120 cm³/mol. The van der Waals surface area contributed by atoms with Gasteiger partial charge in [-0.1, -0.05) is 23.4 Å². The topological polar surface area (TPSA) is 112 Å². The van der Waals surface area contributed by atoms with Gasteiger partial charge in [0, 0.05) is 44.9 Å². The van der Waals surface area contributed by atoms with Crippen molar-refractivity contribution in [2.24, 2.45) is 7.05 Å². The van der Waals surface area contributed by atoms with E-state index in [1.807, 2.05) is 24.3 Å². The molecule has 0 bridgehead atoms. The molecular formula is C23H23N7O3. The molecule has 0 aliphatic carbocycles. The molecule has 1 aliphatic rings. The Morgan fingerprint density at radius 2 is 2.03 bits per heavy atom. The van der Waals surface area contributed by atoms with Crippen molar-refractivity contribution in [2.45, 2.75) is 19.4 Å². The van der Waals surface area contributed by atoms with E-state index >= 15 is 0 Å². The first-order chi connectivity index (χ1) is 16.1. The van der Waals surface area contributed by atoms with Gasteiger partial charge in [0.1, 0.15) is 12.4 Å². The first-order valence-electron chi connectivity index (χ1n) is 10.7. The van der Waals surface area contributed by atoms with Crippen LogP contribution in [0.1, 0.15) is 24.0 Å². The van der Waals surface area contributed by atoms with Crippen LogP contribution in [-0.2, 0) is 11.8 Å². The minimum atomic E-state index is -0.208. The van der Waals surface area contributed by atoms with Gasteiger partial charge in [-0.25, -0.2) is 15.0 Å². The molecule has 4 heterocycles. The molecule has 1 saturated heterocycles. The molecule has 10 heteroatoms. The van der Waals surface area contributed by atoms with Gasteiger partial charge in [0.2, 0.25) is 17.7 Å². The Morgan fingerprint density at radius 1 is 1.12 bits per heavy atom. The highest BCUT2D eigenvalue weighted by Gasteiger charge is 2.24. The molecule has 168 valence electrons. The quantitative estimate of drug-likeness (QED) is 0.468. The zero-order chi connectivity index (χ0) is 22.8. The lowest BCUT2D eigenvalue weighted by molar-refractivity contribution is 0.0686. The number of hydrogen-bond donors (Lipinski definition) is 0. The van der Waals surface area contributed by atoms with Crippen LogP contribution in [-0.4, -0.2) is 49.4 Å². The molecule has 3 aromatic heterocycles. The normalized spacial score (nSPS) is 16.5. The fourth-order valence-corrected chi connectivity index (χ4v) is 3.89. The van der Waals surface area contributed by atoms with Crippen LogP contribution in [0.15, 0.2) is 58.2 Å². The molecule has 10 nitrogen and oxygen atoms in total. The SMILES string of the molecule is Cc1nc(-c2cccc(C3CN(c4nc(-c5ccncn5)cc(=O)n4C)CCCO3)c2)no1. The highest BCUT2D eigenvalue weighted by Crippen LogP contribution is 2.28. The minimum Gasteiger partial charge on any atom is -0.372 e. The van der Waals surface area contributed by atoms with E-state index in [0.29, 0.717) is 48.7 Å². The summed E-state index contributed by atoms with van der Waals surface area (Å²) in [4.78, 5) is 32.1. The molecule has 0 radical (unpaired) electrons. The van der Waals surface area contributed by atoms with Gasteiger partial charge in [-0.15, -0.1) is 0 Å². The van der Waals surface area contributed by atoms with Crippen LogP contribution in [0.3, 0.4) is 0 Å². The van der Waals surface area contributed by atoms with Crippen molar-refractivity contribution in [3.05, 3.63) is 70.7 Å². The molecule has 0 N–H and O–H groups in total. The summed E-state index contributed by atoms with van der Waals surface area (Å²) in [5, 5.41) is 4.02. The summed E-state index contributed by atoms with van der Waals surface area (Å²) in [7, 11) is 1.73. The van der Waals surface area contributed by atoms with Gasteiger partial charge in [-0.3, -0.25) is 9.36 Å². The number of aryl methyl sites for hydroxylation is 1. The summed E-state index contributed by atoms with van der Waals surface area (Å²) in [6.07, 6.45) is 3.69. The van der Waals surface area contributed by atoms with Crippen molar-refractivity contribution in [1.82, 2.24) is 29.7 Å². The van der Waals surface area contributed by atoms with E-state index in [4.69, 9.17) is 14.2 Å². The summed E-state index contributed by atoms with van der Waals surface area (Å²) in [5.41, 5.74) is 2.84. The van der Waals surface area contributed by atoms with E-state index in [1.165, 1.54) is 12.4 Å². The largest absolute Gasteiger partial charge is 0.372 e. The number of hydrogen-bond acceptors (Lipinski definition) is 9. The van der Waals surface area contributed by atoms with Crippen molar-refractivity contribution in [1.29, 1.82) is 0 Å². The van der Waals surface area contributed by atoms with Gasteiger partial charge in [0.15, 0.2) is 0 Å². The van der Waals surface area contributed by atoms with E-state index in [-0.39, 0.29) is 11.7 Å². The van der Waals surface area contributed by atoms with Gasteiger partial charge in [0.25, 0.3) is 5.56 Å². The number of aromatic nitrogens is 6. The lowest BCUT2D eigenvalue weighted by atomic mass is 10.1. The van der Waals surface area contributed by atoms with Crippen LogP contribution in [0, 0.1) is 6.92 Å². The second kappa shape index (κ2) is 8.91. The highest BCUT2D eigenvalue weighted by molar-refractivity contribution is 5.57.